The number of thiophene rings is 1. The van der Waals surface area contributed by atoms with Crippen LogP contribution in [0, 0.1) is 0 Å². The summed E-state index contributed by atoms with van der Waals surface area (Å²) in [6.45, 7) is 0.280. The van der Waals surface area contributed by atoms with Crippen LogP contribution < -0.4 is 0 Å². The molecule has 0 aliphatic heterocycles. The van der Waals surface area contributed by atoms with Crippen molar-refractivity contribution in [2.45, 2.75) is 6.10 Å². The first kappa shape index (κ1) is 13.3. The first-order valence-electron chi connectivity index (χ1n) is 5.35. The van der Waals surface area contributed by atoms with E-state index in [0.29, 0.717) is 5.56 Å². The molecule has 2 rings (SSSR count). The molecule has 1 aromatic carbocycles. The summed E-state index contributed by atoms with van der Waals surface area (Å²) in [5.74, 6) is 0.173. The molecule has 0 amide bonds. The van der Waals surface area contributed by atoms with Crippen molar-refractivity contribution in [3.05, 3.63) is 50.6 Å². The van der Waals surface area contributed by atoms with E-state index in [0.717, 1.165) is 10.0 Å². The molecular formula is C13H12BrNO2S. The Morgan fingerprint density at radius 1 is 1.39 bits per heavy atom. The second kappa shape index (κ2) is 6.13. The topological polar surface area (TPSA) is 52.8 Å². The molecule has 0 spiro atoms. The quantitative estimate of drug-likeness (QED) is 0.847. The van der Waals surface area contributed by atoms with Crippen LogP contribution in [-0.2, 0) is 0 Å². The Labute approximate surface area is 118 Å². The molecule has 18 heavy (non-hydrogen) atoms. The predicted octanol–water partition coefficient (Wildman–Crippen LogP) is 3.37. The van der Waals surface area contributed by atoms with Crippen LogP contribution in [0.4, 0.5) is 0 Å². The largest absolute Gasteiger partial charge is 0.507 e. The monoisotopic (exact) mass is 325 g/mol. The van der Waals surface area contributed by atoms with E-state index in [9.17, 15) is 10.2 Å². The molecule has 0 aliphatic carbocycles. The number of aliphatic hydroxyl groups is 1. The van der Waals surface area contributed by atoms with Gasteiger partial charge in [-0.25, -0.2) is 0 Å². The van der Waals surface area contributed by atoms with Crippen molar-refractivity contribution in [1.29, 1.82) is 0 Å². The molecule has 94 valence electrons. The van der Waals surface area contributed by atoms with Crippen LogP contribution >= 0.6 is 27.3 Å². The van der Waals surface area contributed by atoms with Crippen molar-refractivity contribution in [3.8, 4) is 5.75 Å². The fourth-order valence-corrected chi connectivity index (χ4v) is 2.54. The number of phenolic OH excluding ortho intramolecular Hbond substituents is 1. The van der Waals surface area contributed by atoms with E-state index in [1.54, 1.807) is 35.8 Å². The van der Waals surface area contributed by atoms with Gasteiger partial charge in [-0.05, 0) is 40.6 Å². The van der Waals surface area contributed by atoms with Crippen molar-refractivity contribution in [2.24, 2.45) is 4.99 Å². The zero-order chi connectivity index (χ0) is 13.0. The molecule has 0 saturated heterocycles. The van der Waals surface area contributed by atoms with E-state index < -0.39 is 6.10 Å². The molecule has 2 aromatic rings. The fourth-order valence-electron chi connectivity index (χ4n) is 1.45. The van der Waals surface area contributed by atoms with Crippen molar-refractivity contribution in [2.75, 3.05) is 6.54 Å². The van der Waals surface area contributed by atoms with Crippen molar-refractivity contribution in [3.63, 3.8) is 0 Å². The summed E-state index contributed by atoms with van der Waals surface area (Å²) in [4.78, 5) is 4.15. The summed E-state index contributed by atoms with van der Waals surface area (Å²) >= 11 is 4.87. The van der Waals surface area contributed by atoms with Gasteiger partial charge in [0.05, 0.1) is 12.6 Å². The van der Waals surface area contributed by atoms with Crippen LogP contribution in [0.1, 0.15) is 17.2 Å². The molecule has 5 heteroatoms. The van der Waals surface area contributed by atoms with Crippen LogP contribution in [0.15, 0.2) is 44.5 Å². The third-order valence-electron chi connectivity index (χ3n) is 2.43. The SMILES string of the molecule is Oc1ccc(Br)cc1C=NCC(O)c1ccsc1. The standard InChI is InChI=1S/C13H12BrNO2S/c14-11-1-2-12(16)10(5-11)6-15-7-13(17)9-3-4-18-8-9/h1-6,8,13,16-17H,7H2. The van der Waals surface area contributed by atoms with Gasteiger partial charge in [0.15, 0.2) is 0 Å². The smallest absolute Gasteiger partial charge is 0.124 e. The maximum atomic E-state index is 9.83. The minimum Gasteiger partial charge on any atom is -0.507 e. The van der Waals surface area contributed by atoms with Gasteiger partial charge in [-0.2, -0.15) is 11.3 Å². The van der Waals surface area contributed by atoms with Crippen LogP contribution in [0.25, 0.3) is 0 Å². The second-order valence-corrected chi connectivity index (χ2v) is 5.47. The summed E-state index contributed by atoms with van der Waals surface area (Å²) in [6, 6.07) is 7.00. The molecule has 0 aliphatic rings. The third-order valence-corrected chi connectivity index (χ3v) is 3.62. The summed E-state index contributed by atoms with van der Waals surface area (Å²) in [6.07, 6.45) is 0.970. The number of aromatic hydroxyl groups is 1. The first-order valence-corrected chi connectivity index (χ1v) is 7.09. The zero-order valence-corrected chi connectivity index (χ0v) is 11.9. The Balaban J connectivity index is 2.01. The number of aliphatic hydroxyl groups excluding tert-OH is 1. The van der Waals surface area contributed by atoms with Crippen LogP contribution in [0.5, 0.6) is 5.75 Å². The Kier molecular flexibility index (Phi) is 4.52. The lowest BCUT2D eigenvalue weighted by molar-refractivity contribution is 0.188. The van der Waals surface area contributed by atoms with Crippen LogP contribution in [0.2, 0.25) is 0 Å². The molecule has 3 nitrogen and oxygen atoms in total. The minimum absolute atomic E-state index is 0.173. The minimum atomic E-state index is -0.596. The first-order chi connectivity index (χ1) is 8.66. The van der Waals surface area contributed by atoms with E-state index in [4.69, 9.17) is 0 Å². The number of phenols is 1. The Hall–Kier alpha value is -1.17. The summed E-state index contributed by atoms with van der Waals surface area (Å²) in [5.41, 5.74) is 1.50. The van der Waals surface area contributed by atoms with E-state index in [-0.39, 0.29) is 12.3 Å². The fraction of sp³-hybridized carbons (Fsp3) is 0.154. The zero-order valence-electron chi connectivity index (χ0n) is 9.45. The van der Waals surface area contributed by atoms with Crippen molar-refractivity contribution >= 4 is 33.5 Å². The number of nitrogens with zero attached hydrogens (tertiary/aromatic N) is 1. The number of halogens is 1. The molecule has 0 bridgehead atoms. The van der Waals surface area contributed by atoms with Gasteiger partial charge in [0.1, 0.15) is 5.75 Å². The number of benzene rings is 1. The van der Waals surface area contributed by atoms with E-state index in [2.05, 4.69) is 20.9 Å². The van der Waals surface area contributed by atoms with Gasteiger partial charge < -0.3 is 10.2 Å². The van der Waals surface area contributed by atoms with Gasteiger partial charge in [-0.1, -0.05) is 15.9 Å². The van der Waals surface area contributed by atoms with Gasteiger partial charge in [0, 0.05) is 16.3 Å². The molecular weight excluding hydrogens is 314 g/mol. The molecule has 1 heterocycles. The van der Waals surface area contributed by atoms with E-state index in [1.165, 1.54) is 0 Å². The normalized spacial score (nSPS) is 13.0. The lowest BCUT2D eigenvalue weighted by atomic mass is 10.2. The molecule has 0 radical (unpaired) electrons. The Morgan fingerprint density at radius 3 is 2.94 bits per heavy atom. The van der Waals surface area contributed by atoms with E-state index in [1.807, 2.05) is 16.8 Å². The number of rotatable bonds is 4. The third kappa shape index (κ3) is 3.41. The highest BCUT2D eigenvalue weighted by atomic mass is 79.9. The van der Waals surface area contributed by atoms with Gasteiger partial charge in [-0.3, -0.25) is 4.99 Å². The van der Waals surface area contributed by atoms with Crippen molar-refractivity contribution in [1.82, 2.24) is 0 Å². The van der Waals surface area contributed by atoms with E-state index >= 15 is 0 Å². The highest BCUT2D eigenvalue weighted by Crippen LogP contribution is 2.20. The van der Waals surface area contributed by atoms with Gasteiger partial charge in [0.2, 0.25) is 0 Å². The van der Waals surface area contributed by atoms with Gasteiger partial charge >= 0.3 is 0 Å². The molecule has 1 unspecified atom stereocenters. The summed E-state index contributed by atoms with van der Waals surface area (Å²) < 4.78 is 0.875. The number of hydrogen-bond acceptors (Lipinski definition) is 4. The van der Waals surface area contributed by atoms with Crippen molar-refractivity contribution < 1.29 is 10.2 Å². The maximum absolute atomic E-state index is 9.83. The highest BCUT2D eigenvalue weighted by Gasteiger charge is 2.06. The molecule has 0 fully saturated rings. The van der Waals surface area contributed by atoms with Gasteiger partial charge in [0.25, 0.3) is 0 Å². The summed E-state index contributed by atoms with van der Waals surface area (Å²) in [7, 11) is 0. The molecule has 2 N–H and O–H groups in total. The Morgan fingerprint density at radius 2 is 2.22 bits per heavy atom. The predicted molar refractivity (Wildman–Crippen MR) is 77.5 cm³/mol. The van der Waals surface area contributed by atoms with Crippen LogP contribution in [-0.4, -0.2) is 23.0 Å². The molecule has 0 saturated carbocycles. The molecule has 1 aromatic heterocycles. The second-order valence-electron chi connectivity index (χ2n) is 3.77. The van der Waals surface area contributed by atoms with Gasteiger partial charge in [-0.15, -0.1) is 0 Å². The summed E-state index contributed by atoms with van der Waals surface area (Å²) in [5, 5.41) is 23.3. The lowest BCUT2D eigenvalue weighted by Gasteiger charge is -2.04. The highest BCUT2D eigenvalue weighted by molar-refractivity contribution is 9.10. The lowest BCUT2D eigenvalue weighted by Crippen LogP contribution is -2.00. The average molecular weight is 326 g/mol. The number of hydrogen-bond donors (Lipinski definition) is 2. The number of aliphatic imine (C=N–C) groups is 1. The Bertz CT molecular complexity index is 540. The maximum Gasteiger partial charge on any atom is 0.124 e. The average Bonchev–Trinajstić information content (AvgIpc) is 2.87. The van der Waals surface area contributed by atoms with Crippen LogP contribution in [0.3, 0.4) is 0 Å². The molecule has 1 atom stereocenters.